The fourth-order valence-electron chi connectivity index (χ4n) is 3.75. The van der Waals surface area contributed by atoms with E-state index >= 15 is 0 Å². The van der Waals surface area contributed by atoms with Crippen molar-refractivity contribution in [2.24, 2.45) is 0 Å². The van der Waals surface area contributed by atoms with Gasteiger partial charge in [0.1, 0.15) is 0 Å². The second kappa shape index (κ2) is 8.26. The summed E-state index contributed by atoms with van der Waals surface area (Å²) in [5.41, 5.74) is 3.90. The zero-order chi connectivity index (χ0) is 17.6. The summed E-state index contributed by atoms with van der Waals surface area (Å²) in [6.45, 7) is 2.82. The summed E-state index contributed by atoms with van der Waals surface area (Å²) < 4.78 is 0. The van der Waals surface area contributed by atoms with Gasteiger partial charge in [0.15, 0.2) is 0 Å². The Morgan fingerprint density at radius 1 is 0.885 bits per heavy atom. The van der Waals surface area contributed by atoms with E-state index in [0.29, 0.717) is 12.1 Å². The van der Waals surface area contributed by atoms with Gasteiger partial charge in [0.05, 0.1) is 5.69 Å². The Kier molecular flexibility index (Phi) is 5.38. The van der Waals surface area contributed by atoms with Gasteiger partial charge in [0.2, 0.25) is 0 Å². The van der Waals surface area contributed by atoms with Gasteiger partial charge in [-0.2, -0.15) is 0 Å². The Bertz CT molecular complexity index is 789. The van der Waals surface area contributed by atoms with Crippen LogP contribution in [-0.2, 0) is 13.1 Å². The van der Waals surface area contributed by atoms with Gasteiger partial charge in [-0.1, -0.05) is 66.7 Å². The van der Waals surface area contributed by atoms with Crippen molar-refractivity contribution >= 4 is 0 Å². The number of benzene rings is 2. The maximum absolute atomic E-state index is 4.39. The van der Waals surface area contributed by atoms with Crippen molar-refractivity contribution < 1.29 is 0 Å². The van der Waals surface area contributed by atoms with Gasteiger partial charge in [0.25, 0.3) is 0 Å². The first-order chi connectivity index (χ1) is 12.9. The van der Waals surface area contributed by atoms with Crippen molar-refractivity contribution in [3.63, 3.8) is 0 Å². The number of rotatable bonds is 7. The van der Waals surface area contributed by atoms with Crippen LogP contribution in [0.4, 0.5) is 0 Å². The predicted molar refractivity (Wildman–Crippen MR) is 106 cm³/mol. The molecule has 26 heavy (non-hydrogen) atoms. The van der Waals surface area contributed by atoms with E-state index in [1.807, 2.05) is 18.3 Å². The van der Waals surface area contributed by atoms with E-state index in [-0.39, 0.29) is 0 Å². The van der Waals surface area contributed by atoms with Crippen LogP contribution < -0.4 is 5.32 Å². The van der Waals surface area contributed by atoms with Crippen molar-refractivity contribution in [2.45, 2.75) is 31.6 Å². The number of aromatic nitrogens is 1. The van der Waals surface area contributed by atoms with Crippen LogP contribution in [0, 0.1) is 0 Å². The lowest BCUT2D eigenvalue weighted by atomic mass is 9.86. The van der Waals surface area contributed by atoms with Crippen LogP contribution in [0.15, 0.2) is 85.1 Å². The number of hydrogen-bond acceptors (Lipinski definition) is 3. The molecule has 1 aromatic heterocycles. The normalized spacial score (nSPS) is 19.8. The molecule has 2 heterocycles. The molecule has 0 unspecified atom stereocenters. The lowest BCUT2D eigenvalue weighted by Crippen LogP contribution is -2.53. The number of nitrogens with zero attached hydrogens (tertiary/aromatic N) is 2. The smallest absolute Gasteiger partial charge is 0.0541 e. The molecule has 3 heteroatoms. The van der Waals surface area contributed by atoms with Crippen molar-refractivity contribution in [3.05, 3.63) is 102 Å². The van der Waals surface area contributed by atoms with Crippen molar-refractivity contribution in [1.29, 1.82) is 0 Å². The van der Waals surface area contributed by atoms with Crippen molar-refractivity contribution in [1.82, 2.24) is 15.2 Å². The van der Waals surface area contributed by atoms with Crippen LogP contribution in [-0.4, -0.2) is 22.5 Å². The van der Waals surface area contributed by atoms with Crippen LogP contribution in [0.2, 0.25) is 0 Å². The first-order valence-corrected chi connectivity index (χ1v) is 9.35. The third-order valence-corrected chi connectivity index (χ3v) is 5.17. The summed E-state index contributed by atoms with van der Waals surface area (Å²) in [6.07, 6.45) is 3.06. The molecule has 2 atom stereocenters. The lowest BCUT2D eigenvalue weighted by molar-refractivity contribution is 0.00553. The molecular weight excluding hydrogens is 318 g/mol. The number of nitrogens with one attached hydrogen (secondary N) is 1. The fraction of sp³-hybridized carbons (Fsp3) is 0.261. The molecule has 0 amide bonds. The van der Waals surface area contributed by atoms with E-state index in [9.17, 15) is 0 Å². The molecule has 1 aliphatic rings. The Morgan fingerprint density at radius 2 is 1.62 bits per heavy atom. The van der Waals surface area contributed by atoms with E-state index in [0.717, 1.165) is 25.3 Å². The summed E-state index contributed by atoms with van der Waals surface area (Å²) >= 11 is 0. The third kappa shape index (κ3) is 4.01. The average Bonchev–Trinajstić information content (AvgIpc) is 2.70. The highest BCUT2D eigenvalue weighted by Crippen LogP contribution is 2.39. The summed E-state index contributed by atoms with van der Waals surface area (Å²) in [6, 6.07) is 28.8. The molecule has 3 aromatic rings. The standard InChI is InChI=1S/C23H25N3/c1-3-9-19(10-4-1)18-26-22(15-23(26)20-11-5-2-6-12-20)17-24-16-21-13-7-8-14-25-21/h1-14,22-24H,15-18H2/t22-,23+/m0/s1. The maximum atomic E-state index is 4.39. The van der Waals surface area contributed by atoms with Gasteiger partial charge in [0, 0.05) is 37.9 Å². The first-order valence-electron chi connectivity index (χ1n) is 9.35. The Hall–Kier alpha value is -2.49. The molecule has 0 radical (unpaired) electrons. The molecule has 1 N–H and O–H groups in total. The highest BCUT2D eigenvalue weighted by molar-refractivity contribution is 5.24. The topological polar surface area (TPSA) is 28.2 Å². The SMILES string of the molecule is c1ccc(CN2[C@H](CNCc3ccccn3)C[C@@H]2c2ccccc2)cc1. The van der Waals surface area contributed by atoms with E-state index in [2.05, 4.69) is 81.9 Å². The third-order valence-electron chi connectivity index (χ3n) is 5.17. The quantitative estimate of drug-likeness (QED) is 0.697. The molecule has 1 saturated heterocycles. The van der Waals surface area contributed by atoms with E-state index in [1.54, 1.807) is 0 Å². The maximum Gasteiger partial charge on any atom is 0.0541 e. The average molecular weight is 343 g/mol. The molecule has 132 valence electrons. The van der Waals surface area contributed by atoms with Crippen molar-refractivity contribution in [2.75, 3.05) is 6.54 Å². The molecule has 0 aliphatic carbocycles. The number of likely N-dealkylation sites (tertiary alicyclic amines) is 1. The second-order valence-corrected chi connectivity index (χ2v) is 6.93. The Balaban J connectivity index is 1.40. The van der Waals surface area contributed by atoms with Gasteiger partial charge >= 0.3 is 0 Å². The molecule has 1 fully saturated rings. The largest absolute Gasteiger partial charge is 0.310 e. The van der Waals surface area contributed by atoms with Gasteiger partial charge < -0.3 is 5.32 Å². The van der Waals surface area contributed by atoms with E-state index in [4.69, 9.17) is 0 Å². The van der Waals surface area contributed by atoms with Crippen LogP contribution in [0.1, 0.15) is 29.3 Å². The van der Waals surface area contributed by atoms with Crippen LogP contribution in [0.5, 0.6) is 0 Å². The minimum Gasteiger partial charge on any atom is -0.310 e. The molecular formula is C23H25N3. The predicted octanol–water partition coefficient (Wildman–Crippen LogP) is 4.19. The highest BCUT2D eigenvalue weighted by atomic mass is 15.3. The highest BCUT2D eigenvalue weighted by Gasteiger charge is 2.38. The zero-order valence-corrected chi connectivity index (χ0v) is 15.0. The van der Waals surface area contributed by atoms with E-state index in [1.165, 1.54) is 17.5 Å². The van der Waals surface area contributed by atoms with E-state index < -0.39 is 0 Å². The lowest BCUT2D eigenvalue weighted by Gasteiger charge is -2.49. The zero-order valence-electron chi connectivity index (χ0n) is 15.0. The Morgan fingerprint density at radius 3 is 2.35 bits per heavy atom. The fourth-order valence-corrected chi connectivity index (χ4v) is 3.75. The summed E-state index contributed by atoms with van der Waals surface area (Å²) in [4.78, 5) is 7.01. The molecule has 3 nitrogen and oxygen atoms in total. The van der Waals surface area contributed by atoms with Crippen LogP contribution in [0.25, 0.3) is 0 Å². The molecule has 0 bridgehead atoms. The van der Waals surface area contributed by atoms with Gasteiger partial charge in [-0.25, -0.2) is 0 Å². The van der Waals surface area contributed by atoms with Crippen LogP contribution in [0.3, 0.4) is 0 Å². The number of hydrogen-bond donors (Lipinski definition) is 1. The molecule has 1 aliphatic heterocycles. The summed E-state index contributed by atoms with van der Waals surface area (Å²) in [7, 11) is 0. The minimum absolute atomic E-state index is 0.512. The molecule has 4 rings (SSSR count). The summed E-state index contributed by atoms with van der Waals surface area (Å²) in [5, 5.41) is 3.59. The minimum atomic E-state index is 0.512. The van der Waals surface area contributed by atoms with Crippen LogP contribution >= 0.6 is 0 Å². The monoisotopic (exact) mass is 343 g/mol. The molecule has 0 saturated carbocycles. The first kappa shape index (κ1) is 17.0. The van der Waals surface area contributed by atoms with Gasteiger partial charge in [-0.15, -0.1) is 0 Å². The van der Waals surface area contributed by atoms with Crippen molar-refractivity contribution in [3.8, 4) is 0 Å². The molecule has 0 spiro atoms. The summed E-state index contributed by atoms with van der Waals surface area (Å²) in [5.74, 6) is 0. The van der Waals surface area contributed by atoms with Gasteiger partial charge in [-0.3, -0.25) is 9.88 Å². The second-order valence-electron chi connectivity index (χ2n) is 6.93. The Labute approximate surface area is 155 Å². The number of pyridine rings is 1. The van der Waals surface area contributed by atoms with Gasteiger partial charge in [-0.05, 0) is 29.7 Å². The molecule has 2 aromatic carbocycles.